The van der Waals surface area contributed by atoms with E-state index in [1.54, 1.807) is 23.0 Å². The van der Waals surface area contributed by atoms with Crippen LogP contribution in [0.25, 0.3) is 0 Å². The number of pyridine rings is 2. The summed E-state index contributed by atoms with van der Waals surface area (Å²) < 4.78 is 21.7. The Kier molecular flexibility index (Phi) is 12.7. The number of aryl methyl sites for hydroxylation is 1. The molecule has 4 amide bonds. The minimum absolute atomic E-state index is 0.0710. The summed E-state index contributed by atoms with van der Waals surface area (Å²) in [6, 6.07) is 6.08. The number of nitriles is 1. The summed E-state index contributed by atoms with van der Waals surface area (Å²) in [5.41, 5.74) is 2.88. The Morgan fingerprint density at radius 3 is 2.54 bits per heavy atom. The number of aromatic nitrogens is 2. The molecule has 0 saturated carbocycles. The van der Waals surface area contributed by atoms with Crippen LogP contribution in [-0.2, 0) is 36.7 Å². The molecule has 16 heteroatoms. The number of nitrogens with zero attached hydrogens (tertiary/aromatic N) is 6. The van der Waals surface area contributed by atoms with E-state index in [4.69, 9.17) is 23.9 Å². The molecule has 48 heavy (non-hydrogen) atoms. The molecule has 4 heterocycles. The molecule has 0 aromatic carbocycles. The Hall–Kier alpha value is -4.30. The van der Waals surface area contributed by atoms with Gasteiger partial charge in [-0.15, -0.1) is 0 Å². The van der Waals surface area contributed by atoms with Crippen LogP contribution in [0.4, 0.5) is 26.9 Å². The number of amides is 4. The molecule has 2 N–H and O–H groups in total. The molecular formula is C32H46N8O7Si. The molecule has 2 aromatic heterocycles. The molecule has 1 fully saturated rings. The van der Waals surface area contributed by atoms with Crippen LogP contribution < -0.4 is 15.5 Å². The van der Waals surface area contributed by atoms with Crippen LogP contribution in [0.15, 0.2) is 18.3 Å². The zero-order valence-electron chi connectivity index (χ0n) is 28.6. The Balaban J connectivity index is 1.51. The lowest BCUT2D eigenvalue weighted by atomic mass is 10.0. The molecule has 0 spiro atoms. The number of nitrogens with one attached hydrogen (secondary N) is 2. The van der Waals surface area contributed by atoms with Gasteiger partial charge in [-0.1, -0.05) is 19.6 Å². The van der Waals surface area contributed by atoms with Gasteiger partial charge in [0.05, 0.1) is 24.5 Å². The summed E-state index contributed by atoms with van der Waals surface area (Å²) in [5.74, 6) is 0.526. The molecule has 1 saturated heterocycles. The zero-order chi connectivity index (χ0) is 34.8. The molecule has 0 atom stereocenters. The fraction of sp³-hybridized carbons (Fsp3) is 0.562. The maximum absolute atomic E-state index is 13.6. The second kappa shape index (κ2) is 16.7. The van der Waals surface area contributed by atoms with Crippen molar-refractivity contribution >= 4 is 43.4 Å². The molecule has 0 bridgehead atoms. The predicted octanol–water partition coefficient (Wildman–Crippen LogP) is 3.80. The Bertz CT molecular complexity index is 1510. The highest BCUT2D eigenvalue weighted by molar-refractivity contribution is 6.76. The number of carbonyl (C=O) groups excluding carboxylic acids is 3. The molecule has 2 aliphatic heterocycles. The van der Waals surface area contributed by atoms with Crippen molar-refractivity contribution in [2.45, 2.75) is 51.4 Å². The normalized spacial score (nSPS) is 14.9. The van der Waals surface area contributed by atoms with Crippen molar-refractivity contribution < 1.29 is 33.3 Å². The number of rotatable bonds is 13. The van der Waals surface area contributed by atoms with Gasteiger partial charge in [0.25, 0.3) is 0 Å². The number of anilines is 3. The Labute approximate surface area is 282 Å². The van der Waals surface area contributed by atoms with E-state index in [1.807, 2.05) is 6.07 Å². The average molecular weight is 683 g/mol. The minimum Gasteiger partial charge on any atom is -0.450 e. The van der Waals surface area contributed by atoms with E-state index in [-0.39, 0.29) is 24.8 Å². The van der Waals surface area contributed by atoms with E-state index in [2.05, 4.69) is 41.3 Å². The summed E-state index contributed by atoms with van der Waals surface area (Å²) in [4.78, 5) is 53.2. The third-order valence-corrected chi connectivity index (χ3v) is 9.77. The lowest BCUT2D eigenvalue weighted by Crippen LogP contribution is -2.52. The van der Waals surface area contributed by atoms with Gasteiger partial charge in [-0.3, -0.25) is 19.9 Å². The van der Waals surface area contributed by atoms with Crippen molar-refractivity contribution in [1.29, 1.82) is 5.26 Å². The van der Waals surface area contributed by atoms with E-state index in [0.717, 1.165) is 17.2 Å². The van der Waals surface area contributed by atoms with Crippen molar-refractivity contribution in [1.82, 2.24) is 19.8 Å². The van der Waals surface area contributed by atoms with Gasteiger partial charge in [-0.2, -0.15) is 5.26 Å². The van der Waals surface area contributed by atoms with Gasteiger partial charge in [0.2, 0.25) is 12.2 Å². The first kappa shape index (κ1) is 36.5. The van der Waals surface area contributed by atoms with Gasteiger partial charge in [-0.25, -0.2) is 19.6 Å². The molecule has 2 aliphatic rings. The highest BCUT2D eigenvalue weighted by Crippen LogP contribution is 2.32. The quantitative estimate of drug-likeness (QED) is 0.179. The lowest BCUT2D eigenvalue weighted by molar-refractivity contribution is -0.136. The second-order valence-corrected chi connectivity index (χ2v) is 18.4. The number of urea groups is 1. The van der Waals surface area contributed by atoms with Gasteiger partial charge in [-0.05, 0) is 36.1 Å². The predicted molar refractivity (Wildman–Crippen MR) is 181 cm³/mol. The molecule has 0 unspecified atom stereocenters. The first-order valence-electron chi connectivity index (χ1n) is 16.0. The van der Waals surface area contributed by atoms with Crippen LogP contribution in [0, 0.1) is 11.3 Å². The summed E-state index contributed by atoms with van der Waals surface area (Å²) in [6.07, 6.45) is 1.45. The summed E-state index contributed by atoms with van der Waals surface area (Å²) in [5, 5.41) is 15.4. The highest BCUT2D eigenvalue weighted by atomic mass is 28.3. The van der Waals surface area contributed by atoms with Gasteiger partial charge >= 0.3 is 12.1 Å². The largest absolute Gasteiger partial charge is 0.450 e. The smallest absolute Gasteiger partial charge is 0.410 e. The number of fused-ring (bicyclic) bond motifs is 1. The number of ether oxygens (including phenoxy) is 4. The zero-order valence-corrected chi connectivity index (χ0v) is 29.6. The summed E-state index contributed by atoms with van der Waals surface area (Å²) >= 11 is 0. The number of hydrogen-bond donors (Lipinski definition) is 2. The van der Waals surface area contributed by atoms with Crippen molar-refractivity contribution in [2.24, 2.45) is 0 Å². The van der Waals surface area contributed by atoms with Gasteiger partial charge in [0, 0.05) is 74.4 Å². The van der Waals surface area contributed by atoms with E-state index in [9.17, 15) is 19.6 Å². The van der Waals surface area contributed by atoms with Crippen molar-refractivity contribution in [3.63, 3.8) is 0 Å². The van der Waals surface area contributed by atoms with Crippen molar-refractivity contribution in [2.75, 3.05) is 82.8 Å². The number of carbonyl (C=O) groups is 3. The number of hydrogen-bond acceptors (Lipinski definition) is 11. The molecule has 0 radical (unpaired) electrons. The number of piperazine rings is 1. The lowest BCUT2D eigenvalue weighted by Gasteiger charge is -2.35. The topological polar surface area (TPSA) is 171 Å². The van der Waals surface area contributed by atoms with Crippen LogP contribution in [0.3, 0.4) is 0 Å². The Morgan fingerprint density at radius 1 is 1.10 bits per heavy atom. The maximum atomic E-state index is 13.6. The third-order valence-electron chi connectivity index (χ3n) is 8.07. The maximum Gasteiger partial charge on any atom is 0.410 e. The fourth-order valence-electron chi connectivity index (χ4n) is 5.40. The first-order valence-corrected chi connectivity index (χ1v) is 19.7. The Morgan fingerprint density at radius 2 is 1.88 bits per heavy atom. The van der Waals surface area contributed by atoms with Crippen molar-refractivity contribution in [3.8, 4) is 6.07 Å². The van der Waals surface area contributed by atoms with E-state index >= 15 is 0 Å². The van der Waals surface area contributed by atoms with Crippen LogP contribution in [0.5, 0.6) is 0 Å². The molecule has 260 valence electrons. The van der Waals surface area contributed by atoms with E-state index in [1.165, 1.54) is 25.3 Å². The summed E-state index contributed by atoms with van der Waals surface area (Å²) in [6.45, 7) is 9.17. The average Bonchev–Trinajstić information content (AvgIpc) is 3.05. The van der Waals surface area contributed by atoms with Crippen LogP contribution in [0.1, 0.15) is 35.1 Å². The minimum atomic E-state index is -1.35. The molecule has 15 nitrogen and oxygen atoms in total. The van der Waals surface area contributed by atoms with Crippen LogP contribution in [0.2, 0.25) is 25.7 Å². The molecular weight excluding hydrogens is 636 g/mol. The van der Waals surface area contributed by atoms with E-state index in [0.29, 0.717) is 75.0 Å². The first-order chi connectivity index (χ1) is 23.0. The van der Waals surface area contributed by atoms with Gasteiger partial charge in [0.1, 0.15) is 29.9 Å². The molecule has 4 rings (SSSR count). The molecule has 0 aliphatic carbocycles. The molecule has 2 aromatic rings. The summed E-state index contributed by atoms with van der Waals surface area (Å²) in [7, 11) is 3.22. The van der Waals surface area contributed by atoms with Gasteiger partial charge < -0.3 is 29.2 Å². The van der Waals surface area contributed by atoms with E-state index < -0.39 is 26.5 Å². The van der Waals surface area contributed by atoms with Crippen molar-refractivity contribution in [3.05, 3.63) is 40.7 Å². The number of methoxy groups -OCH3 is 3. The second-order valence-electron chi connectivity index (χ2n) is 12.8. The standard InChI is InChI=1S/C32H46N8O7Si/c1-44-13-9-34-25-17-26(35-19-24(25)18-33)36-31(42)40-10-7-8-22-16-23(28(37-29(22)40)30(45-2)46-3)20-38-11-12-39(21-27(38)41)32(43)47-14-15-48(4,5)6/h16-17,19,30H,7-15,20-21H2,1-6H3,(H2,34,35,36,42). The van der Waals surface area contributed by atoms with Crippen LogP contribution >= 0.6 is 0 Å². The fourth-order valence-corrected chi connectivity index (χ4v) is 6.12. The SMILES string of the molecule is COCCNc1cc(NC(=O)N2CCCc3cc(CN4CCN(C(=O)OCC[Si](C)(C)C)CC4=O)c(C(OC)OC)nc32)ncc1C#N. The highest BCUT2D eigenvalue weighted by Gasteiger charge is 2.32. The monoisotopic (exact) mass is 682 g/mol. The van der Waals surface area contributed by atoms with Crippen LogP contribution in [-0.4, -0.2) is 113 Å². The van der Waals surface area contributed by atoms with Gasteiger partial charge in [0.15, 0.2) is 0 Å². The third kappa shape index (κ3) is 9.40.